The Hall–Kier alpha value is -2.81. The Bertz CT molecular complexity index is 792. The molecule has 0 atom stereocenters. The molecule has 2 N–H and O–H groups in total. The van der Waals surface area contributed by atoms with E-state index in [0.29, 0.717) is 16.3 Å². The molecule has 3 heteroatoms. The molecule has 0 aliphatic carbocycles. The van der Waals surface area contributed by atoms with E-state index < -0.39 is 0 Å². The van der Waals surface area contributed by atoms with Crippen LogP contribution in [0, 0.1) is 0 Å². The molecule has 3 aromatic carbocycles. The van der Waals surface area contributed by atoms with E-state index >= 15 is 0 Å². The van der Waals surface area contributed by atoms with Gasteiger partial charge in [0.05, 0.1) is 5.56 Å². The lowest BCUT2D eigenvalue weighted by molar-refractivity contribution is 0.103. The average molecular weight is 264 g/mol. The van der Waals surface area contributed by atoms with Gasteiger partial charge in [-0.15, -0.1) is 0 Å². The van der Waals surface area contributed by atoms with Crippen LogP contribution in [0.5, 0.6) is 11.5 Å². The van der Waals surface area contributed by atoms with Gasteiger partial charge in [-0.25, -0.2) is 0 Å². The number of phenols is 2. The standard InChI is InChI=1S/C17H12O3/c18-15-10-14(16(19)11-6-2-1-3-7-11)17(20)13-9-5-4-8-12(13)15/h1-10,18,20H. The molecule has 0 amide bonds. The van der Waals surface area contributed by atoms with Crippen molar-refractivity contribution in [3.05, 3.63) is 71.8 Å². The molecule has 0 fully saturated rings. The molecular formula is C17H12O3. The zero-order chi connectivity index (χ0) is 14.1. The number of benzene rings is 3. The number of hydrogen-bond donors (Lipinski definition) is 2. The molecule has 0 radical (unpaired) electrons. The predicted octanol–water partition coefficient (Wildman–Crippen LogP) is 3.48. The third-order valence-electron chi connectivity index (χ3n) is 3.27. The summed E-state index contributed by atoms with van der Waals surface area (Å²) in [6, 6.07) is 16.9. The first-order valence-corrected chi connectivity index (χ1v) is 6.22. The van der Waals surface area contributed by atoms with Crippen molar-refractivity contribution in [1.82, 2.24) is 0 Å². The summed E-state index contributed by atoms with van der Waals surface area (Å²) in [7, 11) is 0. The van der Waals surface area contributed by atoms with Crippen molar-refractivity contribution in [1.29, 1.82) is 0 Å². The summed E-state index contributed by atoms with van der Waals surface area (Å²) in [6.07, 6.45) is 0. The molecule has 0 heterocycles. The summed E-state index contributed by atoms with van der Waals surface area (Å²) in [5, 5.41) is 21.3. The zero-order valence-electron chi connectivity index (χ0n) is 10.6. The van der Waals surface area contributed by atoms with Crippen LogP contribution in [0.25, 0.3) is 10.8 Å². The van der Waals surface area contributed by atoms with Crippen molar-refractivity contribution in [3.63, 3.8) is 0 Å². The number of carbonyl (C=O) groups is 1. The maximum atomic E-state index is 12.4. The van der Waals surface area contributed by atoms with E-state index in [2.05, 4.69) is 0 Å². The number of ketones is 1. The van der Waals surface area contributed by atoms with Crippen molar-refractivity contribution in [2.45, 2.75) is 0 Å². The van der Waals surface area contributed by atoms with E-state index in [-0.39, 0.29) is 22.8 Å². The highest BCUT2D eigenvalue weighted by Crippen LogP contribution is 2.36. The quantitative estimate of drug-likeness (QED) is 0.550. The molecular weight excluding hydrogens is 252 g/mol. The summed E-state index contributed by atoms with van der Waals surface area (Å²) in [5.41, 5.74) is 0.574. The molecule has 0 aliphatic heterocycles. The highest BCUT2D eigenvalue weighted by Gasteiger charge is 2.17. The maximum absolute atomic E-state index is 12.4. The van der Waals surface area contributed by atoms with Crippen LogP contribution in [0.2, 0.25) is 0 Å². The monoisotopic (exact) mass is 264 g/mol. The summed E-state index contributed by atoms with van der Waals surface area (Å²) in [5.74, 6) is -0.436. The molecule has 0 aliphatic rings. The summed E-state index contributed by atoms with van der Waals surface area (Å²) in [6.45, 7) is 0. The highest BCUT2D eigenvalue weighted by molar-refractivity contribution is 6.14. The molecule has 3 rings (SSSR count). The second-order valence-corrected chi connectivity index (χ2v) is 4.53. The normalized spacial score (nSPS) is 10.6. The van der Waals surface area contributed by atoms with Crippen LogP contribution >= 0.6 is 0 Å². The topological polar surface area (TPSA) is 57.5 Å². The van der Waals surface area contributed by atoms with Gasteiger partial charge in [0.1, 0.15) is 11.5 Å². The fourth-order valence-corrected chi connectivity index (χ4v) is 2.26. The van der Waals surface area contributed by atoms with Crippen LogP contribution in [0.3, 0.4) is 0 Å². The first-order chi connectivity index (χ1) is 9.68. The van der Waals surface area contributed by atoms with E-state index in [4.69, 9.17) is 0 Å². The minimum atomic E-state index is -0.316. The molecule has 0 spiro atoms. The summed E-state index contributed by atoms with van der Waals surface area (Å²) < 4.78 is 0. The van der Waals surface area contributed by atoms with Crippen molar-refractivity contribution in [2.75, 3.05) is 0 Å². The van der Waals surface area contributed by atoms with Crippen LogP contribution in [0.15, 0.2) is 60.7 Å². The molecule has 0 saturated carbocycles. The van der Waals surface area contributed by atoms with Gasteiger partial charge in [0, 0.05) is 16.3 Å². The zero-order valence-corrected chi connectivity index (χ0v) is 10.6. The minimum Gasteiger partial charge on any atom is -0.507 e. The fourth-order valence-electron chi connectivity index (χ4n) is 2.26. The Labute approximate surface area is 115 Å². The van der Waals surface area contributed by atoms with Gasteiger partial charge in [-0.1, -0.05) is 54.6 Å². The second kappa shape index (κ2) is 4.70. The third-order valence-corrected chi connectivity index (χ3v) is 3.27. The minimum absolute atomic E-state index is 0.0160. The Morgan fingerprint density at radius 1 is 0.800 bits per heavy atom. The molecule has 0 aromatic heterocycles. The summed E-state index contributed by atoms with van der Waals surface area (Å²) in [4.78, 5) is 12.4. The van der Waals surface area contributed by atoms with Gasteiger partial charge in [0.25, 0.3) is 0 Å². The van der Waals surface area contributed by atoms with Gasteiger partial charge in [0.15, 0.2) is 5.78 Å². The predicted molar refractivity (Wildman–Crippen MR) is 77.2 cm³/mol. The number of carbonyl (C=O) groups excluding carboxylic acids is 1. The lowest BCUT2D eigenvalue weighted by Gasteiger charge is -2.09. The Morgan fingerprint density at radius 2 is 1.40 bits per heavy atom. The number of rotatable bonds is 2. The molecule has 0 saturated heterocycles. The lowest BCUT2D eigenvalue weighted by Crippen LogP contribution is -2.01. The van der Waals surface area contributed by atoms with Gasteiger partial charge in [-0.2, -0.15) is 0 Å². The van der Waals surface area contributed by atoms with Crippen molar-refractivity contribution in [2.24, 2.45) is 0 Å². The maximum Gasteiger partial charge on any atom is 0.196 e. The van der Waals surface area contributed by atoms with E-state index in [9.17, 15) is 15.0 Å². The number of aromatic hydroxyl groups is 2. The van der Waals surface area contributed by atoms with Crippen LogP contribution < -0.4 is 0 Å². The van der Waals surface area contributed by atoms with Crippen molar-refractivity contribution in [3.8, 4) is 11.5 Å². The second-order valence-electron chi connectivity index (χ2n) is 4.53. The number of hydrogen-bond acceptors (Lipinski definition) is 3. The largest absolute Gasteiger partial charge is 0.507 e. The average Bonchev–Trinajstić information content (AvgIpc) is 2.51. The highest BCUT2D eigenvalue weighted by atomic mass is 16.3. The van der Waals surface area contributed by atoms with Gasteiger partial charge in [0.2, 0.25) is 0 Å². The van der Waals surface area contributed by atoms with E-state index in [1.54, 1.807) is 48.5 Å². The number of fused-ring (bicyclic) bond motifs is 1. The molecule has 20 heavy (non-hydrogen) atoms. The van der Waals surface area contributed by atoms with Gasteiger partial charge >= 0.3 is 0 Å². The fraction of sp³-hybridized carbons (Fsp3) is 0. The third kappa shape index (κ3) is 1.89. The van der Waals surface area contributed by atoms with E-state index in [0.717, 1.165) is 0 Å². The summed E-state index contributed by atoms with van der Waals surface area (Å²) >= 11 is 0. The number of phenolic OH excluding ortho intramolecular Hbond substituents is 2. The molecule has 98 valence electrons. The van der Waals surface area contributed by atoms with Gasteiger partial charge in [-0.3, -0.25) is 4.79 Å². The van der Waals surface area contributed by atoms with Crippen LogP contribution in [-0.2, 0) is 0 Å². The van der Waals surface area contributed by atoms with Crippen molar-refractivity contribution < 1.29 is 15.0 Å². The Balaban J connectivity index is 2.23. The Morgan fingerprint density at radius 3 is 2.10 bits per heavy atom. The van der Waals surface area contributed by atoms with Crippen molar-refractivity contribution >= 4 is 16.6 Å². The Kier molecular flexibility index (Phi) is 2.88. The first-order valence-electron chi connectivity index (χ1n) is 6.22. The smallest absolute Gasteiger partial charge is 0.196 e. The van der Waals surface area contributed by atoms with Crippen LogP contribution in [0.4, 0.5) is 0 Å². The van der Waals surface area contributed by atoms with Crippen LogP contribution in [-0.4, -0.2) is 16.0 Å². The van der Waals surface area contributed by atoms with E-state index in [1.807, 2.05) is 6.07 Å². The molecule has 0 unspecified atom stereocenters. The SMILES string of the molecule is O=C(c1ccccc1)c1cc(O)c2ccccc2c1O. The van der Waals surface area contributed by atoms with Crippen LogP contribution in [0.1, 0.15) is 15.9 Å². The molecule has 3 aromatic rings. The van der Waals surface area contributed by atoms with Gasteiger partial charge < -0.3 is 10.2 Å². The molecule has 0 bridgehead atoms. The lowest BCUT2D eigenvalue weighted by atomic mass is 9.98. The van der Waals surface area contributed by atoms with E-state index in [1.165, 1.54) is 6.07 Å². The first kappa shape index (κ1) is 12.2. The molecule has 3 nitrogen and oxygen atoms in total. The van der Waals surface area contributed by atoms with Gasteiger partial charge in [-0.05, 0) is 6.07 Å².